The molecule has 2 heterocycles. The summed E-state index contributed by atoms with van der Waals surface area (Å²) in [6, 6.07) is 15.9. The number of nitrogens with zero attached hydrogens (tertiary/aromatic N) is 4. The van der Waals surface area contributed by atoms with Crippen LogP contribution < -0.4 is 4.74 Å². The molecule has 1 aliphatic rings. The summed E-state index contributed by atoms with van der Waals surface area (Å²) in [7, 11) is 0. The molecule has 2 aromatic carbocycles. The van der Waals surface area contributed by atoms with Crippen LogP contribution in [0.2, 0.25) is 0 Å². The number of carboxylic acid groups (broad SMARTS) is 1. The zero-order valence-electron chi connectivity index (χ0n) is 21.0. The van der Waals surface area contributed by atoms with Crippen LogP contribution in [-0.2, 0) is 11.3 Å². The third kappa shape index (κ3) is 6.10. The molecule has 8 nitrogen and oxygen atoms in total. The van der Waals surface area contributed by atoms with Crippen molar-refractivity contribution in [2.24, 2.45) is 5.92 Å². The number of carboxylic acids is 1. The maximum atomic E-state index is 11.1. The lowest BCUT2D eigenvalue weighted by molar-refractivity contribution is -0.138. The van der Waals surface area contributed by atoms with E-state index in [1.807, 2.05) is 32.0 Å². The van der Waals surface area contributed by atoms with Gasteiger partial charge in [0, 0.05) is 30.1 Å². The predicted molar refractivity (Wildman–Crippen MR) is 135 cm³/mol. The number of likely N-dealkylation sites (tertiary alicyclic amines) is 1. The number of benzene rings is 2. The maximum Gasteiger partial charge on any atom is 0.303 e. The summed E-state index contributed by atoms with van der Waals surface area (Å²) >= 11 is 0. The van der Waals surface area contributed by atoms with Crippen LogP contribution in [-0.4, -0.2) is 44.8 Å². The second-order valence-electron chi connectivity index (χ2n) is 9.63. The van der Waals surface area contributed by atoms with E-state index < -0.39 is 5.97 Å². The molecule has 1 N–H and O–H groups in total. The van der Waals surface area contributed by atoms with Crippen molar-refractivity contribution in [2.45, 2.75) is 65.1 Å². The van der Waals surface area contributed by atoms with Gasteiger partial charge in [0.2, 0.25) is 5.82 Å². The molecule has 1 aliphatic heterocycles. The fraction of sp³-hybridized carbons (Fsp3) is 0.429. The molecule has 3 aromatic rings. The molecule has 0 saturated carbocycles. The molecule has 2 unspecified atom stereocenters. The molecule has 188 valence electrons. The Kier molecular flexibility index (Phi) is 8.01. The quantitative estimate of drug-likeness (QED) is 0.418. The van der Waals surface area contributed by atoms with Gasteiger partial charge in [0.05, 0.1) is 11.7 Å². The van der Waals surface area contributed by atoms with Crippen molar-refractivity contribution >= 4 is 5.97 Å². The van der Waals surface area contributed by atoms with Gasteiger partial charge in [0.1, 0.15) is 11.8 Å². The number of piperidine rings is 1. The van der Waals surface area contributed by atoms with Crippen LogP contribution in [0.4, 0.5) is 0 Å². The number of carbonyl (C=O) groups is 1. The molecule has 8 heteroatoms. The topological polar surface area (TPSA) is 112 Å². The van der Waals surface area contributed by atoms with Crippen molar-refractivity contribution in [1.82, 2.24) is 15.0 Å². The van der Waals surface area contributed by atoms with E-state index in [4.69, 9.17) is 14.4 Å². The third-order valence-corrected chi connectivity index (χ3v) is 6.61. The normalized spacial score (nSPS) is 18.2. The monoisotopic (exact) mass is 488 g/mol. The largest absolute Gasteiger partial charge is 0.490 e. The molecule has 0 bridgehead atoms. The van der Waals surface area contributed by atoms with Crippen LogP contribution in [0.1, 0.15) is 57.6 Å². The SMILES string of the molecule is CCC1CC(CC(=O)O)CCN1Cc1ccc(-c2noc(-c3ccc(OC(C)C)c(C#N)c3)n2)cc1. The fourth-order valence-corrected chi connectivity index (χ4v) is 4.81. The van der Waals surface area contributed by atoms with Crippen LogP contribution in [0.25, 0.3) is 22.8 Å². The van der Waals surface area contributed by atoms with E-state index in [1.54, 1.807) is 12.1 Å². The van der Waals surface area contributed by atoms with Gasteiger partial charge in [-0.1, -0.05) is 36.3 Å². The van der Waals surface area contributed by atoms with Gasteiger partial charge in [-0.05, 0) is 69.3 Å². The van der Waals surface area contributed by atoms with Gasteiger partial charge in [-0.25, -0.2) is 0 Å². The first-order valence-corrected chi connectivity index (χ1v) is 12.5. The van der Waals surface area contributed by atoms with Gasteiger partial charge in [0.15, 0.2) is 0 Å². The summed E-state index contributed by atoms with van der Waals surface area (Å²) in [4.78, 5) is 18.1. The molecular formula is C28H32N4O4. The summed E-state index contributed by atoms with van der Waals surface area (Å²) in [6.45, 7) is 7.74. The lowest BCUT2D eigenvalue weighted by Crippen LogP contribution is -2.42. The number of ether oxygens (including phenoxy) is 1. The number of rotatable bonds is 9. The first kappa shape index (κ1) is 25.4. The Bertz CT molecular complexity index is 1230. The number of nitriles is 1. The van der Waals surface area contributed by atoms with E-state index in [0.717, 1.165) is 37.9 Å². The third-order valence-electron chi connectivity index (χ3n) is 6.61. The first-order chi connectivity index (χ1) is 17.4. The summed E-state index contributed by atoms with van der Waals surface area (Å²) in [5, 5.41) is 22.7. The zero-order chi connectivity index (χ0) is 25.7. The number of aromatic nitrogens is 2. The fourth-order valence-electron chi connectivity index (χ4n) is 4.81. The highest BCUT2D eigenvalue weighted by atomic mass is 16.5. The Hall–Kier alpha value is -3.70. The van der Waals surface area contributed by atoms with Gasteiger partial charge >= 0.3 is 5.97 Å². The van der Waals surface area contributed by atoms with E-state index in [9.17, 15) is 10.1 Å². The van der Waals surface area contributed by atoms with Crippen molar-refractivity contribution in [1.29, 1.82) is 5.26 Å². The molecule has 1 fully saturated rings. The standard InChI is InChI=1S/C28H32N4O4/c1-4-24-13-20(14-26(33)34)11-12-32(24)17-19-5-7-21(8-6-19)27-30-28(36-31-27)22-9-10-25(35-18(2)3)23(15-22)16-29/h5-10,15,18,20,24H,4,11-14,17H2,1-3H3,(H,33,34). The molecule has 1 saturated heterocycles. The van der Waals surface area contributed by atoms with E-state index in [0.29, 0.717) is 34.6 Å². The highest BCUT2D eigenvalue weighted by Crippen LogP contribution is 2.30. The molecule has 36 heavy (non-hydrogen) atoms. The minimum absolute atomic E-state index is 0.0300. The second kappa shape index (κ2) is 11.4. The maximum absolute atomic E-state index is 11.1. The highest BCUT2D eigenvalue weighted by molar-refractivity contribution is 5.67. The molecular weight excluding hydrogens is 456 g/mol. The average Bonchev–Trinajstić information content (AvgIpc) is 3.35. The van der Waals surface area contributed by atoms with Crippen molar-refractivity contribution < 1.29 is 19.2 Å². The minimum Gasteiger partial charge on any atom is -0.490 e. The first-order valence-electron chi connectivity index (χ1n) is 12.5. The Morgan fingerprint density at radius 3 is 2.67 bits per heavy atom. The van der Waals surface area contributed by atoms with Crippen molar-refractivity contribution in [3.05, 3.63) is 53.6 Å². The lowest BCUT2D eigenvalue weighted by Gasteiger charge is -2.39. The van der Waals surface area contributed by atoms with Crippen molar-refractivity contribution in [3.8, 4) is 34.7 Å². The van der Waals surface area contributed by atoms with E-state index in [-0.39, 0.29) is 18.4 Å². The van der Waals surface area contributed by atoms with E-state index in [1.165, 1.54) is 5.56 Å². The Labute approximate surface area is 211 Å². The van der Waals surface area contributed by atoms with Crippen LogP contribution in [0, 0.1) is 17.2 Å². The van der Waals surface area contributed by atoms with Crippen LogP contribution in [0.3, 0.4) is 0 Å². The Morgan fingerprint density at radius 2 is 2.00 bits per heavy atom. The summed E-state index contributed by atoms with van der Waals surface area (Å²) in [6.07, 6.45) is 3.10. The zero-order valence-corrected chi connectivity index (χ0v) is 21.0. The molecule has 0 spiro atoms. The summed E-state index contributed by atoms with van der Waals surface area (Å²) < 4.78 is 11.2. The molecule has 0 amide bonds. The van der Waals surface area contributed by atoms with Crippen LogP contribution >= 0.6 is 0 Å². The van der Waals surface area contributed by atoms with Crippen molar-refractivity contribution in [2.75, 3.05) is 6.54 Å². The molecule has 1 aromatic heterocycles. The average molecular weight is 489 g/mol. The van der Waals surface area contributed by atoms with E-state index >= 15 is 0 Å². The van der Waals surface area contributed by atoms with Gasteiger partial charge < -0.3 is 14.4 Å². The van der Waals surface area contributed by atoms with Gasteiger partial charge in [-0.3, -0.25) is 9.69 Å². The smallest absolute Gasteiger partial charge is 0.303 e. The number of hydrogen-bond acceptors (Lipinski definition) is 7. The van der Waals surface area contributed by atoms with E-state index in [2.05, 4.69) is 40.2 Å². The highest BCUT2D eigenvalue weighted by Gasteiger charge is 2.28. The molecule has 4 rings (SSSR count). The Morgan fingerprint density at radius 1 is 1.25 bits per heavy atom. The Balaban J connectivity index is 1.43. The van der Waals surface area contributed by atoms with Gasteiger partial charge in [-0.2, -0.15) is 10.2 Å². The van der Waals surface area contributed by atoms with Crippen molar-refractivity contribution in [3.63, 3.8) is 0 Å². The predicted octanol–water partition coefficient (Wildman–Crippen LogP) is 5.53. The summed E-state index contributed by atoms with van der Waals surface area (Å²) in [5.74, 6) is 0.922. The molecule has 2 atom stereocenters. The van der Waals surface area contributed by atoms with Gasteiger partial charge in [0.25, 0.3) is 5.89 Å². The van der Waals surface area contributed by atoms with Crippen LogP contribution in [0.5, 0.6) is 5.75 Å². The van der Waals surface area contributed by atoms with Gasteiger partial charge in [-0.15, -0.1) is 0 Å². The number of aliphatic carboxylic acids is 1. The lowest BCUT2D eigenvalue weighted by atomic mass is 9.87. The second-order valence-corrected chi connectivity index (χ2v) is 9.63. The molecule has 0 aliphatic carbocycles. The summed E-state index contributed by atoms with van der Waals surface area (Å²) in [5.41, 5.74) is 3.12. The minimum atomic E-state index is -0.703. The van der Waals surface area contributed by atoms with Crippen LogP contribution in [0.15, 0.2) is 47.0 Å². The number of hydrogen-bond donors (Lipinski definition) is 1. The molecule has 0 radical (unpaired) electrons.